The number of hydrogen-bond acceptors (Lipinski definition) is 3. The van der Waals surface area contributed by atoms with Crippen LogP contribution in [0.3, 0.4) is 0 Å². The first-order chi connectivity index (χ1) is 9.48. The van der Waals surface area contributed by atoms with E-state index in [0.717, 1.165) is 31.3 Å². The third kappa shape index (κ3) is 2.49. The fourth-order valence-electron chi connectivity index (χ4n) is 4.76. The molecular formula is C17H29NO2. The van der Waals surface area contributed by atoms with E-state index >= 15 is 0 Å². The van der Waals surface area contributed by atoms with Gasteiger partial charge in [0.15, 0.2) is 0 Å². The van der Waals surface area contributed by atoms with Crippen molar-refractivity contribution >= 4 is 5.97 Å². The smallest absolute Gasteiger partial charge is 0.320 e. The molecule has 20 heavy (non-hydrogen) atoms. The number of fused-ring (bicyclic) bond motifs is 2. The van der Waals surface area contributed by atoms with Gasteiger partial charge in [0.25, 0.3) is 0 Å². The lowest BCUT2D eigenvalue weighted by atomic mass is 9.45. The predicted octanol–water partition coefficient (Wildman–Crippen LogP) is 3.09. The molecule has 0 N–H and O–H groups in total. The van der Waals surface area contributed by atoms with Crippen molar-refractivity contribution in [1.82, 2.24) is 4.90 Å². The van der Waals surface area contributed by atoms with E-state index in [9.17, 15) is 4.79 Å². The summed E-state index contributed by atoms with van der Waals surface area (Å²) in [5.41, 5.74) is 0.467. The summed E-state index contributed by atoms with van der Waals surface area (Å²) in [4.78, 5) is 14.4. The minimum atomic E-state index is 0.00264. The second kappa shape index (κ2) is 5.32. The Bertz CT molecular complexity index is 373. The van der Waals surface area contributed by atoms with Gasteiger partial charge in [-0.25, -0.2) is 0 Å². The molecular weight excluding hydrogens is 250 g/mol. The third-order valence-corrected chi connectivity index (χ3v) is 6.37. The summed E-state index contributed by atoms with van der Waals surface area (Å²) in [5.74, 6) is 2.04. The normalized spacial score (nSPS) is 40.0. The molecule has 0 radical (unpaired) electrons. The van der Waals surface area contributed by atoms with Crippen molar-refractivity contribution in [2.24, 2.45) is 23.2 Å². The highest BCUT2D eigenvalue weighted by Gasteiger charge is 2.57. The summed E-state index contributed by atoms with van der Waals surface area (Å²) >= 11 is 0. The van der Waals surface area contributed by atoms with Crippen molar-refractivity contribution in [2.75, 3.05) is 19.6 Å². The Morgan fingerprint density at radius 3 is 2.50 bits per heavy atom. The Balaban J connectivity index is 1.50. The Hall–Kier alpha value is -0.570. The van der Waals surface area contributed by atoms with Crippen molar-refractivity contribution in [2.45, 2.75) is 59.0 Å². The maximum atomic E-state index is 12.1. The monoisotopic (exact) mass is 279 g/mol. The molecule has 1 saturated heterocycles. The van der Waals surface area contributed by atoms with Crippen LogP contribution in [0, 0.1) is 23.2 Å². The molecule has 4 aliphatic rings. The zero-order valence-electron chi connectivity index (χ0n) is 13.2. The molecule has 3 nitrogen and oxygen atoms in total. The lowest BCUT2D eigenvalue weighted by Crippen LogP contribution is -2.57. The van der Waals surface area contributed by atoms with Gasteiger partial charge in [0.1, 0.15) is 6.10 Å². The van der Waals surface area contributed by atoms with Crippen molar-refractivity contribution in [1.29, 1.82) is 0 Å². The number of esters is 1. The second-order valence-electron chi connectivity index (χ2n) is 7.82. The number of ether oxygens (including phenoxy) is 1. The van der Waals surface area contributed by atoms with Gasteiger partial charge in [-0.1, -0.05) is 27.2 Å². The molecule has 4 fully saturated rings. The van der Waals surface area contributed by atoms with Gasteiger partial charge < -0.3 is 4.74 Å². The van der Waals surface area contributed by atoms with Gasteiger partial charge in [0.05, 0.1) is 6.54 Å². The molecule has 3 aliphatic carbocycles. The van der Waals surface area contributed by atoms with E-state index < -0.39 is 0 Å². The molecule has 4 rings (SSSR count). The van der Waals surface area contributed by atoms with Crippen molar-refractivity contribution in [3.05, 3.63) is 0 Å². The van der Waals surface area contributed by atoms with E-state index in [0.29, 0.717) is 17.9 Å². The summed E-state index contributed by atoms with van der Waals surface area (Å²) in [7, 11) is 0. The number of likely N-dealkylation sites (tertiary alicyclic amines) is 1. The van der Waals surface area contributed by atoms with E-state index in [1.165, 1.54) is 25.7 Å². The maximum Gasteiger partial charge on any atom is 0.320 e. The van der Waals surface area contributed by atoms with Gasteiger partial charge in [-0.15, -0.1) is 0 Å². The van der Waals surface area contributed by atoms with Crippen LogP contribution in [-0.2, 0) is 9.53 Å². The predicted molar refractivity (Wildman–Crippen MR) is 79.3 cm³/mol. The first-order valence-corrected chi connectivity index (χ1v) is 8.40. The first-order valence-electron chi connectivity index (χ1n) is 8.40. The third-order valence-electron chi connectivity index (χ3n) is 6.37. The molecule has 1 aliphatic heterocycles. The average Bonchev–Trinajstić information content (AvgIpc) is 2.41. The average molecular weight is 279 g/mol. The highest BCUT2D eigenvalue weighted by atomic mass is 16.5. The summed E-state index contributed by atoms with van der Waals surface area (Å²) in [6.07, 6.45) is 6.36. The Kier molecular flexibility index (Phi) is 3.83. The standard InChI is InChI=1S/C17H29NO2/c1-12-14-9-13(17(14,2)3)10-15(12)20-16(19)11-18-7-5-4-6-8-18/h12-15H,4-11H2,1-3H3/t12-,13+,14-,15-/m1/s1. The van der Waals surface area contributed by atoms with Crippen LogP contribution in [0.5, 0.6) is 0 Å². The molecule has 2 bridgehead atoms. The van der Waals surface area contributed by atoms with Crippen LogP contribution in [-0.4, -0.2) is 36.6 Å². The Morgan fingerprint density at radius 1 is 1.20 bits per heavy atom. The van der Waals surface area contributed by atoms with Crippen LogP contribution in [0.1, 0.15) is 52.9 Å². The summed E-state index contributed by atoms with van der Waals surface area (Å²) in [5, 5.41) is 0. The van der Waals surface area contributed by atoms with Crippen molar-refractivity contribution in [3.8, 4) is 0 Å². The topological polar surface area (TPSA) is 29.5 Å². The van der Waals surface area contributed by atoms with Crippen LogP contribution in [0.4, 0.5) is 0 Å². The minimum absolute atomic E-state index is 0.00264. The molecule has 3 heteroatoms. The Morgan fingerprint density at radius 2 is 1.90 bits per heavy atom. The van der Waals surface area contributed by atoms with Crippen LogP contribution >= 0.6 is 0 Å². The summed E-state index contributed by atoms with van der Waals surface area (Å²) < 4.78 is 5.82. The summed E-state index contributed by atoms with van der Waals surface area (Å²) in [6.45, 7) is 9.67. The zero-order valence-corrected chi connectivity index (χ0v) is 13.2. The van der Waals surface area contributed by atoms with Gasteiger partial charge in [-0.05, 0) is 61.9 Å². The minimum Gasteiger partial charge on any atom is -0.461 e. The Labute approximate surface area is 123 Å². The van der Waals surface area contributed by atoms with Gasteiger partial charge in [0.2, 0.25) is 0 Å². The molecule has 0 aromatic carbocycles. The summed E-state index contributed by atoms with van der Waals surface area (Å²) in [6, 6.07) is 0. The number of rotatable bonds is 3. The number of piperidine rings is 1. The van der Waals surface area contributed by atoms with Crippen LogP contribution < -0.4 is 0 Å². The fraction of sp³-hybridized carbons (Fsp3) is 0.941. The van der Waals surface area contributed by atoms with Crippen LogP contribution in [0.2, 0.25) is 0 Å². The lowest BCUT2D eigenvalue weighted by Gasteiger charge is -2.61. The maximum absolute atomic E-state index is 12.1. The van der Waals surface area contributed by atoms with Gasteiger partial charge >= 0.3 is 5.97 Å². The molecule has 0 amide bonds. The molecule has 0 aromatic rings. The van der Waals surface area contributed by atoms with Gasteiger partial charge in [-0.3, -0.25) is 9.69 Å². The molecule has 4 atom stereocenters. The quantitative estimate of drug-likeness (QED) is 0.744. The van der Waals surface area contributed by atoms with Crippen molar-refractivity contribution < 1.29 is 9.53 Å². The second-order valence-corrected chi connectivity index (χ2v) is 7.82. The first kappa shape index (κ1) is 14.4. The number of carbonyl (C=O) groups is 1. The molecule has 114 valence electrons. The fourth-order valence-corrected chi connectivity index (χ4v) is 4.76. The molecule has 3 saturated carbocycles. The molecule has 0 aromatic heterocycles. The lowest BCUT2D eigenvalue weighted by molar-refractivity contribution is -0.186. The molecule has 1 heterocycles. The van der Waals surface area contributed by atoms with Crippen LogP contribution in [0.25, 0.3) is 0 Å². The van der Waals surface area contributed by atoms with E-state index in [-0.39, 0.29) is 12.1 Å². The number of hydrogen-bond donors (Lipinski definition) is 0. The number of nitrogens with zero attached hydrogens (tertiary/aromatic N) is 1. The highest BCUT2D eigenvalue weighted by molar-refractivity contribution is 5.72. The van der Waals surface area contributed by atoms with E-state index in [4.69, 9.17) is 4.74 Å². The molecule has 0 spiro atoms. The molecule has 0 unspecified atom stereocenters. The van der Waals surface area contributed by atoms with Crippen LogP contribution in [0.15, 0.2) is 0 Å². The largest absolute Gasteiger partial charge is 0.461 e. The number of carbonyl (C=O) groups excluding carboxylic acids is 1. The van der Waals surface area contributed by atoms with E-state index in [2.05, 4.69) is 25.7 Å². The van der Waals surface area contributed by atoms with Gasteiger partial charge in [0, 0.05) is 0 Å². The highest BCUT2D eigenvalue weighted by Crippen LogP contribution is 2.61. The van der Waals surface area contributed by atoms with Gasteiger partial charge in [-0.2, -0.15) is 0 Å². The van der Waals surface area contributed by atoms with Crippen molar-refractivity contribution in [3.63, 3.8) is 0 Å². The SMILES string of the molecule is C[C@@H]1[C@H]2C[C@@H](C[C@H]1OC(=O)CN1CCCCC1)C2(C)C. The van der Waals surface area contributed by atoms with E-state index in [1.54, 1.807) is 0 Å². The van der Waals surface area contributed by atoms with E-state index in [1.807, 2.05) is 0 Å². The zero-order chi connectivity index (χ0) is 14.3.